The third-order valence-electron chi connectivity index (χ3n) is 4.52. The molecule has 2 aromatic rings. The summed E-state index contributed by atoms with van der Waals surface area (Å²) < 4.78 is 27.9. The zero-order chi connectivity index (χ0) is 18.2. The van der Waals surface area contributed by atoms with Crippen LogP contribution in [0.2, 0.25) is 0 Å². The first-order valence-electron chi connectivity index (χ1n) is 7.97. The van der Waals surface area contributed by atoms with Gasteiger partial charge in [0.1, 0.15) is 11.6 Å². The molecule has 2 aromatic carbocycles. The molecular formula is C19H18BrF2NO2. The fraction of sp³-hybridized carbons (Fsp3) is 0.316. The van der Waals surface area contributed by atoms with Crippen molar-refractivity contribution in [1.29, 1.82) is 0 Å². The number of amides is 1. The maximum absolute atomic E-state index is 13.9. The summed E-state index contributed by atoms with van der Waals surface area (Å²) in [5.74, 6) is -1.98. The van der Waals surface area contributed by atoms with Gasteiger partial charge in [-0.25, -0.2) is 8.78 Å². The summed E-state index contributed by atoms with van der Waals surface area (Å²) in [7, 11) is 0. The Balaban J connectivity index is 1.74. The lowest BCUT2D eigenvalue weighted by molar-refractivity contribution is -0.127. The highest BCUT2D eigenvalue weighted by Crippen LogP contribution is 2.46. The zero-order valence-corrected chi connectivity index (χ0v) is 15.2. The average Bonchev–Trinajstić information content (AvgIpc) is 3.26. The fourth-order valence-electron chi connectivity index (χ4n) is 3.04. The van der Waals surface area contributed by atoms with E-state index in [1.165, 1.54) is 13.0 Å². The van der Waals surface area contributed by atoms with Crippen LogP contribution in [0.5, 0.6) is 0 Å². The van der Waals surface area contributed by atoms with E-state index in [1.807, 2.05) is 24.3 Å². The van der Waals surface area contributed by atoms with Gasteiger partial charge in [0.05, 0.1) is 17.6 Å². The SMILES string of the molecule is C[C@@](O)(CC(=O)NC1(c2cccc(Br)c2)CC1)c1ccc(F)cc1F. The monoisotopic (exact) mass is 409 g/mol. The number of hydrogen-bond donors (Lipinski definition) is 2. The summed E-state index contributed by atoms with van der Waals surface area (Å²) in [5, 5.41) is 13.5. The van der Waals surface area contributed by atoms with Crippen LogP contribution in [-0.4, -0.2) is 11.0 Å². The molecule has 0 aliphatic heterocycles. The second-order valence-corrected chi connectivity index (χ2v) is 7.63. The van der Waals surface area contributed by atoms with Gasteiger partial charge in [-0.1, -0.05) is 34.1 Å². The number of aliphatic hydroxyl groups is 1. The van der Waals surface area contributed by atoms with Gasteiger partial charge in [0.2, 0.25) is 5.91 Å². The van der Waals surface area contributed by atoms with Crippen molar-refractivity contribution in [2.45, 2.75) is 37.3 Å². The molecule has 1 fully saturated rings. The maximum Gasteiger partial charge on any atom is 0.223 e. The van der Waals surface area contributed by atoms with Gasteiger partial charge in [-0.15, -0.1) is 0 Å². The molecule has 0 saturated heterocycles. The Hall–Kier alpha value is -1.79. The lowest BCUT2D eigenvalue weighted by Crippen LogP contribution is -2.39. The Bertz CT molecular complexity index is 819. The predicted octanol–water partition coefficient (Wildman–Crippen LogP) is 4.13. The van der Waals surface area contributed by atoms with Gasteiger partial charge in [-0.05, 0) is 43.5 Å². The number of benzene rings is 2. The van der Waals surface area contributed by atoms with Crippen LogP contribution in [-0.2, 0) is 15.9 Å². The Morgan fingerprint density at radius 1 is 1.28 bits per heavy atom. The van der Waals surface area contributed by atoms with Gasteiger partial charge >= 0.3 is 0 Å². The number of rotatable bonds is 5. The minimum Gasteiger partial charge on any atom is -0.385 e. The molecule has 0 unspecified atom stereocenters. The largest absolute Gasteiger partial charge is 0.385 e. The molecule has 132 valence electrons. The van der Waals surface area contributed by atoms with Crippen molar-refractivity contribution >= 4 is 21.8 Å². The molecule has 3 nitrogen and oxygen atoms in total. The molecule has 0 aromatic heterocycles. The summed E-state index contributed by atoms with van der Waals surface area (Å²) in [6.45, 7) is 1.35. The summed E-state index contributed by atoms with van der Waals surface area (Å²) in [6.07, 6.45) is 1.30. The Morgan fingerprint density at radius 3 is 2.60 bits per heavy atom. The number of carbonyl (C=O) groups is 1. The van der Waals surface area contributed by atoms with Gasteiger partial charge in [-0.3, -0.25) is 4.79 Å². The van der Waals surface area contributed by atoms with Crippen LogP contribution >= 0.6 is 15.9 Å². The van der Waals surface area contributed by atoms with Crippen molar-refractivity contribution in [3.8, 4) is 0 Å². The van der Waals surface area contributed by atoms with E-state index < -0.39 is 22.8 Å². The highest BCUT2D eigenvalue weighted by atomic mass is 79.9. The maximum atomic E-state index is 13.9. The van der Waals surface area contributed by atoms with Crippen molar-refractivity contribution in [2.24, 2.45) is 0 Å². The Morgan fingerprint density at radius 2 is 2.00 bits per heavy atom. The van der Waals surface area contributed by atoms with Gasteiger partial charge in [0.15, 0.2) is 0 Å². The molecule has 2 N–H and O–H groups in total. The van der Waals surface area contributed by atoms with Crippen LogP contribution in [0.15, 0.2) is 46.9 Å². The molecule has 0 radical (unpaired) electrons. The Labute approximate surface area is 153 Å². The topological polar surface area (TPSA) is 49.3 Å². The van der Waals surface area contributed by atoms with E-state index in [9.17, 15) is 18.7 Å². The molecule has 1 saturated carbocycles. The van der Waals surface area contributed by atoms with Crippen molar-refractivity contribution in [2.75, 3.05) is 0 Å². The average molecular weight is 410 g/mol. The molecule has 1 aliphatic rings. The van der Waals surface area contributed by atoms with Crippen LogP contribution in [0.3, 0.4) is 0 Å². The summed E-state index contributed by atoms with van der Waals surface area (Å²) in [6, 6.07) is 10.6. The predicted molar refractivity (Wildman–Crippen MR) is 93.7 cm³/mol. The zero-order valence-electron chi connectivity index (χ0n) is 13.7. The molecule has 3 rings (SSSR count). The number of hydrogen-bond acceptors (Lipinski definition) is 2. The van der Waals surface area contributed by atoms with E-state index in [0.29, 0.717) is 6.07 Å². The van der Waals surface area contributed by atoms with Crippen LogP contribution in [0.1, 0.15) is 37.3 Å². The first-order chi connectivity index (χ1) is 11.7. The smallest absolute Gasteiger partial charge is 0.223 e. The molecule has 6 heteroatoms. The van der Waals surface area contributed by atoms with Gasteiger partial charge < -0.3 is 10.4 Å². The number of nitrogens with one attached hydrogen (secondary N) is 1. The van der Waals surface area contributed by atoms with Crippen LogP contribution < -0.4 is 5.32 Å². The van der Waals surface area contributed by atoms with Crippen LogP contribution in [0, 0.1) is 11.6 Å². The quantitative estimate of drug-likeness (QED) is 0.779. The van der Waals surface area contributed by atoms with Gasteiger partial charge in [-0.2, -0.15) is 0 Å². The molecule has 0 heterocycles. The van der Waals surface area contributed by atoms with E-state index in [1.54, 1.807) is 0 Å². The summed E-state index contributed by atoms with van der Waals surface area (Å²) in [4.78, 5) is 12.4. The summed E-state index contributed by atoms with van der Waals surface area (Å²) in [5.41, 5.74) is -1.27. The molecule has 1 amide bonds. The van der Waals surface area contributed by atoms with Crippen LogP contribution in [0.25, 0.3) is 0 Å². The second-order valence-electron chi connectivity index (χ2n) is 6.72. The molecule has 25 heavy (non-hydrogen) atoms. The lowest BCUT2D eigenvalue weighted by Gasteiger charge is -2.26. The number of carbonyl (C=O) groups excluding carboxylic acids is 1. The minimum atomic E-state index is -1.73. The Kier molecular flexibility index (Phi) is 4.68. The lowest BCUT2D eigenvalue weighted by atomic mass is 9.91. The van der Waals surface area contributed by atoms with Crippen molar-refractivity contribution in [1.82, 2.24) is 5.32 Å². The molecule has 0 spiro atoms. The van der Waals surface area contributed by atoms with E-state index in [-0.39, 0.29) is 17.9 Å². The molecular weight excluding hydrogens is 392 g/mol. The van der Waals surface area contributed by atoms with E-state index in [4.69, 9.17) is 0 Å². The van der Waals surface area contributed by atoms with Crippen molar-refractivity contribution in [3.63, 3.8) is 0 Å². The third-order valence-corrected chi connectivity index (χ3v) is 5.02. The first kappa shape index (κ1) is 18.0. The molecule has 1 atom stereocenters. The van der Waals surface area contributed by atoms with Crippen molar-refractivity contribution in [3.05, 3.63) is 69.7 Å². The van der Waals surface area contributed by atoms with Gasteiger partial charge in [0, 0.05) is 16.1 Å². The number of halogens is 3. The second kappa shape index (κ2) is 6.50. The minimum absolute atomic E-state index is 0.101. The van der Waals surface area contributed by atoms with Crippen molar-refractivity contribution < 1.29 is 18.7 Å². The van der Waals surface area contributed by atoms with E-state index >= 15 is 0 Å². The van der Waals surface area contributed by atoms with E-state index in [0.717, 1.165) is 28.9 Å². The highest BCUT2D eigenvalue weighted by molar-refractivity contribution is 9.10. The summed E-state index contributed by atoms with van der Waals surface area (Å²) >= 11 is 3.42. The first-order valence-corrected chi connectivity index (χ1v) is 8.76. The highest BCUT2D eigenvalue weighted by Gasteiger charge is 2.46. The van der Waals surface area contributed by atoms with Gasteiger partial charge in [0.25, 0.3) is 0 Å². The fourth-order valence-corrected chi connectivity index (χ4v) is 3.44. The molecule has 1 aliphatic carbocycles. The van der Waals surface area contributed by atoms with E-state index in [2.05, 4.69) is 21.2 Å². The molecule has 0 bridgehead atoms. The standard InChI is InChI=1S/C19H18BrF2NO2/c1-18(25,15-6-5-14(21)10-16(15)22)11-17(24)23-19(7-8-19)12-3-2-4-13(20)9-12/h2-6,9-10,25H,7-8,11H2,1H3,(H,23,24)/t18-/m1/s1. The normalized spacial score (nSPS) is 17.6. The van der Waals surface area contributed by atoms with Crippen LogP contribution in [0.4, 0.5) is 8.78 Å². The third kappa shape index (κ3) is 3.90.